The lowest BCUT2D eigenvalue weighted by molar-refractivity contribution is 0.852. The van der Waals surface area contributed by atoms with Crippen LogP contribution in [-0.4, -0.2) is 80.7 Å². The largest absolute Gasteiger partial charge is 0.176 e. The first-order chi connectivity index (χ1) is 28.1. The van der Waals surface area contributed by atoms with Gasteiger partial charge < -0.3 is 0 Å². The summed E-state index contributed by atoms with van der Waals surface area (Å²) in [6.45, 7) is 82.5. The molecule has 1 aliphatic carbocycles. The van der Waals surface area contributed by atoms with Crippen LogP contribution in [0.2, 0.25) is 177 Å². The predicted octanol–water partition coefficient (Wildman–Crippen LogP) is 9.91. The molecule has 1 atom stereocenters. The van der Waals surface area contributed by atoms with Crippen molar-refractivity contribution in [1.29, 1.82) is 0 Å². The number of hydrogen-bond donors (Lipinski definition) is 0. The van der Waals surface area contributed by atoms with Crippen LogP contribution in [0.5, 0.6) is 0 Å². The Hall–Kier alpha value is -0.691. The molecule has 0 N–H and O–H groups in total. The lowest BCUT2D eigenvalue weighted by Crippen LogP contribution is -2.84. The Kier molecular flexibility index (Phi) is 15.1. The SMILES string of the molecule is CC1=C(C)C(C)C([Si](c2cc([Si](C)(C)C)c([Si](C)(C)C)cc2[Si](C)(C)C)(c2cc([Si](C)(C)C)c([Si](C)(C)C)cc2[Si](C)(C)C)c2cc([Si](C)(C)C)c([Si](C)(C)C)cc2[Si](C)(C)C)=C1C. The molecule has 10 heteroatoms. The van der Waals surface area contributed by atoms with Crippen LogP contribution in [0, 0.1) is 5.92 Å². The molecular formula is C54H100Si10. The van der Waals surface area contributed by atoms with Crippen LogP contribution in [0.3, 0.4) is 0 Å². The number of benzene rings is 3. The molecule has 0 fully saturated rings. The normalized spacial score (nSPS) is 17.0. The second-order valence-corrected chi connectivity index (χ2v) is 78.9. The Bertz CT molecular complexity index is 2140. The van der Waals surface area contributed by atoms with Gasteiger partial charge in [-0.2, -0.15) is 0 Å². The Morgan fingerprint density at radius 1 is 0.250 bits per heavy atom. The van der Waals surface area contributed by atoms with Gasteiger partial charge in [-0.15, -0.1) is 0 Å². The van der Waals surface area contributed by atoms with Crippen molar-refractivity contribution in [2.24, 2.45) is 5.92 Å². The van der Waals surface area contributed by atoms with Gasteiger partial charge in [-0.25, -0.2) is 0 Å². The standard InChI is InChI=1S/C54H100Si10/c1-38-39(2)41(4)54(40(38)3)64(51-35-45(58(14,15)16)42(55(5,6)7)32-48(51)61(23,24)25,52-36-46(59(17,18)19)43(56(8,9)10)33-49(52)62(26,27)28)53-37-47(60(20,21)22)44(57(11,12)13)34-50(53)63(29,30)31/h32-37,40H,1-31H3. The van der Waals surface area contributed by atoms with Crippen molar-refractivity contribution >= 4 is 143 Å². The van der Waals surface area contributed by atoms with Crippen molar-refractivity contribution in [1.82, 2.24) is 0 Å². The fraction of sp³-hybridized carbons (Fsp3) is 0.593. The molecule has 0 aromatic heterocycles. The minimum atomic E-state index is -3.19. The molecule has 1 unspecified atom stereocenters. The summed E-state index contributed by atoms with van der Waals surface area (Å²) in [5.41, 5.74) is 4.80. The molecule has 0 spiro atoms. The first kappa shape index (κ1) is 55.9. The van der Waals surface area contributed by atoms with Gasteiger partial charge in [0, 0.05) is 0 Å². The maximum absolute atomic E-state index is 3.19. The molecule has 1 aliphatic rings. The predicted molar refractivity (Wildman–Crippen MR) is 331 cm³/mol. The highest BCUT2D eigenvalue weighted by Crippen LogP contribution is 2.41. The Morgan fingerprint density at radius 3 is 0.547 bits per heavy atom. The van der Waals surface area contributed by atoms with Crippen molar-refractivity contribution in [2.75, 3.05) is 0 Å². The lowest BCUT2D eigenvalue weighted by atomic mass is 10.1. The average Bonchev–Trinajstić information content (AvgIpc) is 3.26. The van der Waals surface area contributed by atoms with E-state index >= 15 is 0 Å². The zero-order valence-corrected chi connectivity index (χ0v) is 58.0. The third-order valence-electron chi connectivity index (χ3n) is 15.0. The zero-order valence-electron chi connectivity index (χ0n) is 48.0. The molecular weight excluding hydrogens is 929 g/mol. The monoisotopic (exact) mass is 1030 g/mol. The van der Waals surface area contributed by atoms with Gasteiger partial charge in [0.25, 0.3) is 0 Å². The Morgan fingerprint density at radius 2 is 0.406 bits per heavy atom. The molecule has 64 heavy (non-hydrogen) atoms. The van der Waals surface area contributed by atoms with E-state index in [2.05, 4.69) is 241 Å². The third-order valence-corrected chi connectivity index (χ3v) is 40.1. The van der Waals surface area contributed by atoms with E-state index in [0.717, 1.165) is 0 Å². The van der Waals surface area contributed by atoms with Gasteiger partial charge in [-0.05, 0) is 47.8 Å². The molecule has 0 nitrogen and oxygen atoms in total. The molecule has 0 saturated carbocycles. The molecule has 0 saturated heterocycles. The maximum Gasteiger partial charge on any atom is 0.176 e. The van der Waals surface area contributed by atoms with Gasteiger partial charge in [-0.3, -0.25) is 0 Å². The van der Waals surface area contributed by atoms with Crippen molar-refractivity contribution in [2.45, 2.75) is 204 Å². The van der Waals surface area contributed by atoms with E-state index < -0.39 is 80.7 Å². The van der Waals surface area contributed by atoms with Crippen LogP contribution in [0.1, 0.15) is 27.7 Å². The molecule has 0 radical (unpaired) electrons. The van der Waals surface area contributed by atoms with E-state index in [-0.39, 0.29) is 0 Å². The van der Waals surface area contributed by atoms with E-state index in [1.165, 1.54) is 0 Å². The van der Waals surface area contributed by atoms with E-state index in [9.17, 15) is 0 Å². The van der Waals surface area contributed by atoms with Crippen LogP contribution in [0.25, 0.3) is 0 Å². The summed E-state index contributed by atoms with van der Waals surface area (Å²) in [4.78, 5) is 0. The minimum absolute atomic E-state index is 0.385. The van der Waals surface area contributed by atoms with E-state index in [4.69, 9.17) is 0 Å². The molecule has 0 bridgehead atoms. The van der Waals surface area contributed by atoms with Crippen LogP contribution in [-0.2, 0) is 0 Å². The molecule has 356 valence electrons. The highest BCUT2D eigenvalue weighted by Gasteiger charge is 2.55. The van der Waals surface area contributed by atoms with Crippen molar-refractivity contribution < 1.29 is 0 Å². The molecule has 0 amide bonds. The molecule has 3 aromatic carbocycles. The summed E-state index contributed by atoms with van der Waals surface area (Å²) < 4.78 is 0. The number of rotatable bonds is 13. The summed E-state index contributed by atoms with van der Waals surface area (Å²) in [5, 5.41) is 23.2. The van der Waals surface area contributed by atoms with E-state index in [1.807, 2.05) is 20.8 Å². The Balaban J connectivity index is 2.85. The average molecular weight is 1030 g/mol. The molecule has 0 aliphatic heterocycles. The molecule has 4 rings (SSSR count). The summed E-state index contributed by atoms with van der Waals surface area (Å²) >= 11 is 0. The lowest BCUT2D eigenvalue weighted by Gasteiger charge is -2.48. The van der Waals surface area contributed by atoms with E-state index in [0.29, 0.717) is 5.92 Å². The van der Waals surface area contributed by atoms with Gasteiger partial charge in [0.15, 0.2) is 8.07 Å². The van der Waals surface area contributed by atoms with Gasteiger partial charge >= 0.3 is 0 Å². The van der Waals surface area contributed by atoms with Crippen LogP contribution in [0.15, 0.2) is 58.3 Å². The smallest absolute Gasteiger partial charge is 0.0656 e. The fourth-order valence-electron chi connectivity index (χ4n) is 11.2. The summed E-state index contributed by atoms with van der Waals surface area (Å²) in [5.74, 6) is 0.385. The number of allylic oxidation sites excluding steroid dienone is 4. The fourth-order valence-corrected chi connectivity index (χ4v) is 42.8. The zero-order chi connectivity index (χ0) is 50.1. The highest BCUT2D eigenvalue weighted by atomic mass is 28.3. The van der Waals surface area contributed by atoms with Crippen molar-refractivity contribution in [3.63, 3.8) is 0 Å². The Labute approximate surface area is 408 Å². The minimum Gasteiger partial charge on any atom is -0.0656 e. The summed E-state index contributed by atoms with van der Waals surface area (Å²) in [6.07, 6.45) is 0. The highest BCUT2D eigenvalue weighted by molar-refractivity contribution is 7.23. The van der Waals surface area contributed by atoms with Gasteiger partial charge in [0.05, 0.1) is 72.7 Å². The van der Waals surface area contributed by atoms with Gasteiger partial charge in [0.1, 0.15) is 0 Å². The second kappa shape index (κ2) is 17.3. The van der Waals surface area contributed by atoms with Crippen LogP contribution >= 0.6 is 0 Å². The number of hydrogen-bond acceptors (Lipinski definition) is 0. The summed E-state index contributed by atoms with van der Waals surface area (Å²) in [6, 6.07) is 18.0. The first-order valence-electron chi connectivity index (χ1n) is 25.1. The van der Waals surface area contributed by atoms with Gasteiger partial charge in [0.2, 0.25) is 0 Å². The third kappa shape index (κ3) is 10.6. The first-order valence-corrected chi connectivity index (χ1v) is 58.6. The topological polar surface area (TPSA) is 0 Å². The second-order valence-electron chi connectivity index (χ2n) is 29.9. The van der Waals surface area contributed by atoms with Crippen LogP contribution < -0.4 is 62.2 Å². The van der Waals surface area contributed by atoms with Crippen molar-refractivity contribution in [3.05, 3.63) is 58.3 Å². The van der Waals surface area contributed by atoms with E-state index in [1.54, 1.807) is 63.4 Å². The molecule has 0 heterocycles. The quantitative estimate of drug-likeness (QED) is 0.118. The maximum atomic E-state index is 3.04. The van der Waals surface area contributed by atoms with Crippen molar-refractivity contribution in [3.8, 4) is 0 Å². The summed E-state index contributed by atoms with van der Waals surface area (Å²) in [7, 11) is -19.9. The van der Waals surface area contributed by atoms with Gasteiger partial charge in [-0.1, -0.05) is 283 Å². The molecule has 3 aromatic rings. The van der Waals surface area contributed by atoms with Crippen LogP contribution in [0.4, 0.5) is 0 Å².